The van der Waals surface area contributed by atoms with Gasteiger partial charge in [-0.1, -0.05) is 26.0 Å². The van der Waals surface area contributed by atoms with Crippen LogP contribution in [0.4, 0.5) is 10.5 Å². The van der Waals surface area contributed by atoms with Crippen molar-refractivity contribution in [2.24, 2.45) is 5.92 Å². The highest BCUT2D eigenvalue weighted by atomic mass is 16.3. The summed E-state index contributed by atoms with van der Waals surface area (Å²) in [6.07, 6.45) is 1.86. The van der Waals surface area contributed by atoms with Crippen molar-refractivity contribution in [2.75, 3.05) is 24.6 Å². The fraction of sp³-hybridized carbons (Fsp3) is 0.556. The Hall–Kier alpha value is -2.26. The van der Waals surface area contributed by atoms with Gasteiger partial charge in [0.05, 0.1) is 23.9 Å². The second-order valence-corrected chi connectivity index (χ2v) is 6.57. The first-order valence-corrected chi connectivity index (χ1v) is 8.47. The maximum absolute atomic E-state index is 12.1. The predicted octanol–water partition coefficient (Wildman–Crippen LogP) is 1.84. The summed E-state index contributed by atoms with van der Waals surface area (Å²) in [5.74, 6) is 0.172. The van der Waals surface area contributed by atoms with Gasteiger partial charge >= 0.3 is 6.03 Å². The Morgan fingerprint density at radius 3 is 2.88 bits per heavy atom. The fourth-order valence-corrected chi connectivity index (χ4v) is 2.98. The maximum Gasteiger partial charge on any atom is 0.315 e. The normalized spacial score (nSPS) is 18.8. The van der Waals surface area contributed by atoms with E-state index >= 15 is 0 Å². The number of urea groups is 1. The molecule has 6 nitrogen and oxygen atoms in total. The summed E-state index contributed by atoms with van der Waals surface area (Å²) < 4.78 is 0. The number of nitrogens with one attached hydrogen (secondary N) is 2. The minimum atomic E-state index is -0.247. The first-order valence-electron chi connectivity index (χ1n) is 8.47. The van der Waals surface area contributed by atoms with Gasteiger partial charge in [0.25, 0.3) is 0 Å². The minimum Gasteiger partial charge on any atom is -0.394 e. The van der Waals surface area contributed by atoms with Gasteiger partial charge in [0.1, 0.15) is 6.07 Å². The molecule has 1 aliphatic heterocycles. The number of hydrogen-bond acceptors (Lipinski definition) is 4. The number of anilines is 1. The molecule has 2 atom stereocenters. The highest BCUT2D eigenvalue weighted by molar-refractivity contribution is 5.74. The van der Waals surface area contributed by atoms with Gasteiger partial charge in [-0.2, -0.15) is 5.26 Å². The summed E-state index contributed by atoms with van der Waals surface area (Å²) in [4.78, 5) is 14.3. The van der Waals surface area contributed by atoms with Crippen molar-refractivity contribution in [3.05, 3.63) is 29.8 Å². The van der Waals surface area contributed by atoms with Crippen molar-refractivity contribution in [1.29, 1.82) is 5.26 Å². The SMILES string of the molecule is CC(C)[C@@H](CO)NC(=O)N[C@H]1CCCN(c2ccccc2C#N)C1. The Kier molecular flexibility index (Phi) is 6.44. The number of amides is 2. The Morgan fingerprint density at radius 2 is 2.21 bits per heavy atom. The molecule has 0 radical (unpaired) electrons. The molecule has 0 saturated carbocycles. The smallest absolute Gasteiger partial charge is 0.315 e. The van der Waals surface area contributed by atoms with E-state index in [-0.39, 0.29) is 30.6 Å². The van der Waals surface area contributed by atoms with Gasteiger partial charge in [0.15, 0.2) is 0 Å². The molecule has 1 aromatic rings. The summed E-state index contributed by atoms with van der Waals surface area (Å²) in [5.41, 5.74) is 1.57. The molecule has 1 aliphatic rings. The van der Waals surface area contributed by atoms with Gasteiger partial charge in [-0.15, -0.1) is 0 Å². The molecule has 1 saturated heterocycles. The van der Waals surface area contributed by atoms with Gasteiger partial charge < -0.3 is 20.6 Å². The first-order chi connectivity index (χ1) is 11.5. The van der Waals surface area contributed by atoms with Gasteiger partial charge in [-0.05, 0) is 30.9 Å². The molecule has 130 valence electrons. The zero-order valence-electron chi connectivity index (χ0n) is 14.3. The van der Waals surface area contributed by atoms with Crippen LogP contribution in [0.1, 0.15) is 32.3 Å². The van der Waals surface area contributed by atoms with Crippen LogP contribution in [0.15, 0.2) is 24.3 Å². The Balaban J connectivity index is 1.96. The van der Waals surface area contributed by atoms with E-state index in [0.717, 1.165) is 25.1 Å². The summed E-state index contributed by atoms with van der Waals surface area (Å²) in [5, 5.41) is 24.4. The molecule has 0 aliphatic carbocycles. The summed E-state index contributed by atoms with van der Waals surface area (Å²) in [6, 6.07) is 9.30. The minimum absolute atomic E-state index is 0.0250. The second-order valence-electron chi connectivity index (χ2n) is 6.57. The number of carbonyl (C=O) groups is 1. The zero-order chi connectivity index (χ0) is 17.5. The number of aliphatic hydroxyl groups is 1. The lowest BCUT2D eigenvalue weighted by Crippen LogP contribution is -2.53. The van der Waals surface area contributed by atoms with Crippen molar-refractivity contribution < 1.29 is 9.90 Å². The topological polar surface area (TPSA) is 88.4 Å². The van der Waals surface area contributed by atoms with Crippen LogP contribution in [0, 0.1) is 17.2 Å². The average molecular weight is 330 g/mol. The number of nitrogens with zero attached hydrogens (tertiary/aromatic N) is 2. The molecule has 2 amide bonds. The molecular formula is C18H26N4O2. The molecule has 2 rings (SSSR count). The lowest BCUT2D eigenvalue weighted by molar-refractivity contribution is 0.195. The van der Waals surface area contributed by atoms with Crippen LogP contribution in [0.3, 0.4) is 0 Å². The van der Waals surface area contributed by atoms with E-state index in [9.17, 15) is 15.2 Å². The van der Waals surface area contributed by atoms with Crippen molar-refractivity contribution in [2.45, 2.75) is 38.8 Å². The molecule has 1 fully saturated rings. The lowest BCUT2D eigenvalue weighted by Gasteiger charge is -2.35. The van der Waals surface area contributed by atoms with E-state index < -0.39 is 0 Å². The molecule has 1 heterocycles. The number of carbonyl (C=O) groups excluding carboxylic acids is 1. The van der Waals surface area contributed by atoms with Gasteiger partial charge in [0, 0.05) is 19.1 Å². The predicted molar refractivity (Wildman–Crippen MR) is 93.8 cm³/mol. The number of hydrogen-bond donors (Lipinski definition) is 3. The molecule has 3 N–H and O–H groups in total. The van der Waals surface area contributed by atoms with Crippen LogP contribution in [-0.2, 0) is 0 Å². The number of nitriles is 1. The number of aliphatic hydroxyl groups excluding tert-OH is 1. The largest absolute Gasteiger partial charge is 0.394 e. The molecule has 0 spiro atoms. The van der Waals surface area contributed by atoms with Crippen LogP contribution < -0.4 is 15.5 Å². The van der Waals surface area contributed by atoms with Crippen LogP contribution >= 0.6 is 0 Å². The zero-order valence-corrected chi connectivity index (χ0v) is 14.3. The Bertz CT molecular complexity index is 597. The van der Waals surface area contributed by atoms with Crippen molar-refractivity contribution in [3.8, 4) is 6.07 Å². The molecule has 1 aromatic carbocycles. The number of benzene rings is 1. The van der Waals surface area contributed by atoms with E-state index in [1.54, 1.807) is 0 Å². The van der Waals surface area contributed by atoms with E-state index in [0.29, 0.717) is 12.1 Å². The highest BCUT2D eigenvalue weighted by Crippen LogP contribution is 2.23. The number of para-hydroxylation sites is 1. The van der Waals surface area contributed by atoms with E-state index in [1.807, 2.05) is 38.1 Å². The lowest BCUT2D eigenvalue weighted by atomic mass is 10.0. The third-order valence-corrected chi connectivity index (χ3v) is 4.44. The molecule has 0 unspecified atom stereocenters. The standard InChI is InChI=1S/C18H26N4O2/c1-13(2)16(12-23)21-18(24)20-15-7-5-9-22(11-15)17-8-4-3-6-14(17)10-19/h3-4,6,8,13,15-16,23H,5,7,9,11-12H2,1-2H3,(H2,20,21,24)/t15-,16+/m0/s1. The van der Waals surface area contributed by atoms with Crippen molar-refractivity contribution in [3.63, 3.8) is 0 Å². The number of piperidine rings is 1. The summed E-state index contributed by atoms with van der Waals surface area (Å²) >= 11 is 0. The van der Waals surface area contributed by atoms with Crippen LogP contribution in [0.2, 0.25) is 0 Å². The second kappa shape index (κ2) is 8.55. The van der Waals surface area contributed by atoms with Crippen molar-refractivity contribution >= 4 is 11.7 Å². The van der Waals surface area contributed by atoms with Gasteiger partial charge in [0.2, 0.25) is 0 Å². The third kappa shape index (κ3) is 4.62. The molecule has 24 heavy (non-hydrogen) atoms. The van der Waals surface area contributed by atoms with Gasteiger partial charge in [-0.3, -0.25) is 0 Å². The first kappa shape index (κ1) is 18.1. The Morgan fingerprint density at radius 1 is 1.46 bits per heavy atom. The summed E-state index contributed by atoms with van der Waals surface area (Å²) in [7, 11) is 0. The number of rotatable bonds is 5. The van der Waals surface area contributed by atoms with Crippen molar-refractivity contribution in [1.82, 2.24) is 10.6 Å². The molecular weight excluding hydrogens is 304 g/mol. The van der Waals surface area contributed by atoms with E-state index in [4.69, 9.17) is 0 Å². The third-order valence-electron chi connectivity index (χ3n) is 4.44. The van der Waals surface area contributed by atoms with E-state index in [1.165, 1.54) is 0 Å². The van der Waals surface area contributed by atoms with Crippen LogP contribution in [-0.4, -0.2) is 42.9 Å². The maximum atomic E-state index is 12.1. The molecule has 0 bridgehead atoms. The Labute approximate surface area is 143 Å². The summed E-state index contributed by atoms with van der Waals surface area (Å²) in [6.45, 7) is 5.41. The fourth-order valence-electron chi connectivity index (χ4n) is 2.98. The van der Waals surface area contributed by atoms with E-state index in [2.05, 4.69) is 21.6 Å². The average Bonchev–Trinajstić information content (AvgIpc) is 2.59. The highest BCUT2D eigenvalue weighted by Gasteiger charge is 2.24. The van der Waals surface area contributed by atoms with Crippen LogP contribution in [0.5, 0.6) is 0 Å². The quantitative estimate of drug-likeness (QED) is 0.769. The molecule has 6 heteroatoms. The van der Waals surface area contributed by atoms with Crippen LogP contribution in [0.25, 0.3) is 0 Å². The molecule has 0 aromatic heterocycles. The van der Waals surface area contributed by atoms with Gasteiger partial charge in [-0.25, -0.2) is 4.79 Å². The monoisotopic (exact) mass is 330 g/mol.